The second-order valence-corrected chi connectivity index (χ2v) is 9.22. The molecule has 10 nitrogen and oxygen atoms in total. The van der Waals surface area contributed by atoms with Crippen LogP contribution in [-0.4, -0.2) is 64.2 Å². The van der Waals surface area contributed by atoms with Crippen molar-refractivity contribution in [1.29, 1.82) is 5.41 Å². The summed E-state index contributed by atoms with van der Waals surface area (Å²) in [6.45, 7) is 5.79. The average Bonchev–Trinajstić information content (AvgIpc) is 3.22. The van der Waals surface area contributed by atoms with Crippen LogP contribution < -0.4 is 16.3 Å². The van der Waals surface area contributed by atoms with Gasteiger partial charge in [0.05, 0.1) is 6.21 Å². The number of hydrazone groups is 1. The van der Waals surface area contributed by atoms with E-state index >= 15 is 0 Å². The number of nitrogens with zero attached hydrogens (tertiary/aromatic N) is 3. The van der Waals surface area contributed by atoms with Crippen molar-refractivity contribution >= 4 is 35.4 Å². The number of amidine groups is 1. The zero-order valence-corrected chi connectivity index (χ0v) is 19.8. The Morgan fingerprint density at radius 3 is 2.76 bits per heavy atom. The lowest BCUT2D eigenvalue weighted by atomic mass is 9.93. The highest BCUT2D eigenvalue weighted by Crippen LogP contribution is 2.22. The van der Waals surface area contributed by atoms with Crippen molar-refractivity contribution in [2.75, 3.05) is 32.5 Å². The van der Waals surface area contributed by atoms with Crippen molar-refractivity contribution < 1.29 is 5.11 Å². The molecule has 0 amide bonds. The third-order valence-electron chi connectivity index (χ3n) is 4.75. The van der Waals surface area contributed by atoms with E-state index in [2.05, 4.69) is 44.5 Å². The minimum atomic E-state index is -0.534. The Morgan fingerprint density at radius 2 is 2.12 bits per heavy atom. The summed E-state index contributed by atoms with van der Waals surface area (Å²) in [6, 6.07) is 7.30. The van der Waals surface area contributed by atoms with Crippen LogP contribution in [0.2, 0.25) is 5.02 Å². The monoisotopic (exact) mass is 472 g/mol. The highest BCUT2D eigenvalue weighted by atomic mass is 35.5. The molecule has 2 aromatic rings. The van der Waals surface area contributed by atoms with Gasteiger partial charge in [-0.05, 0) is 43.8 Å². The predicted molar refractivity (Wildman–Crippen MR) is 133 cm³/mol. The SMILES string of the molecule is CN(C)CC(C)(C)CN/C(=C/Nc1cccc(Cl)c1)N1N=CC(=Cc2[nH]c(=O)[nH]c2O)C1=N. The van der Waals surface area contributed by atoms with Crippen LogP contribution in [0.25, 0.3) is 6.08 Å². The Balaban J connectivity index is 1.84. The maximum absolute atomic E-state index is 11.4. The number of hydrogen-bond donors (Lipinski definition) is 6. The molecule has 3 rings (SSSR count). The van der Waals surface area contributed by atoms with E-state index < -0.39 is 5.69 Å². The first-order valence-electron chi connectivity index (χ1n) is 10.3. The van der Waals surface area contributed by atoms with Crippen molar-refractivity contribution in [3.05, 3.63) is 63.1 Å². The third kappa shape index (κ3) is 6.50. The van der Waals surface area contributed by atoms with Crippen molar-refractivity contribution in [2.45, 2.75) is 13.8 Å². The van der Waals surface area contributed by atoms with Crippen molar-refractivity contribution in [2.24, 2.45) is 10.5 Å². The lowest BCUT2D eigenvalue weighted by Gasteiger charge is -2.30. The molecule has 0 atom stereocenters. The van der Waals surface area contributed by atoms with Crippen LogP contribution in [-0.2, 0) is 0 Å². The number of imidazole rings is 1. The van der Waals surface area contributed by atoms with Gasteiger partial charge in [-0.15, -0.1) is 0 Å². The van der Waals surface area contributed by atoms with E-state index in [0.29, 0.717) is 23.0 Å². The van der Waals surface area contributed by atoms with Crippen molar-refractivity contribution in [3.8, 4) is 5.88 Å². The quantitative estimate of drug-likeness (QED) is 0.332. The molecule has 33 heavy (non-hydrogen) atoms. The third-order valence-corrected chi connectivity index (χ3v) is 4.99. The Hall–Kier alpha value is -3.50. The molecule has 1 aromatic carbocycles. The zero-order chi connectivity index (χ0) is 24.2. The van der Waals surface area contributed by atoms with Crippen LogP contribution in [0.15, 0.2) is 51.8 Å². The molecule has 1 aliphatic rings. The number of H-pyrrole nitrogens is 2. The summed E-state index contributed by atoms with van der Waals surface area (Å²) < 4.78 is 0. The number of nitrogens with one attached hydrogen (secondary N) is 5. The number of anilines is 1. The molecule has 176 valence electrons. The smallest absolute Gasteiger partial charge is 0.326 e. The maximum Gasteiger partial charge on any atom is 0.326 e. The fourth-order valence-electron chi connectivity index (χ4n) is 3.46. The largest absolute Gasteiger partial charge is 0.493 e. The van der Waals surface area contributed by atoms with Crippen molar-refractivity contribution in [3.63, 3.8) is 0 Å². The molecular formula is C22H29ClN8O2. The minimum absolute atomic E-state index is 0.0562. The molecule has 0 spiro atoms. The van der Waals surface area contributed by atoms with Crippen LogP contribution in [0.5, 0.6) is 5.88 Å². The second kappa shape index (κ2) is 9.97. The second-order valence-electron chi connectivity index (χ2n) is 8.79. The highest BCUT2D eigenvalue weighted by molar-refractivity contribution is 6.30. The highest BCUT2D eigenvalue weighted by Gasteiger charge is 2.26. The summed E-state index contributed by atoms with van der Waals surface area (Å²) >= 11 is 6.09. The van der Waals surface area contributed by atoms with Crippen LogP contribution in [0, 0.1) is 10.8 Å². The van der Waals surface area contributed by atoms with Crippen LogP contribution in [0.3, 0.4) is 0 Å². The van der Waals surface area contributed by atoms with Gasteiger partial charge in [-0.2, -0.15) is 10.1 Å². The van der Waals surface area contributed by atoms with Gasteiger partial charge in [0, 0.05) is 35.6 Å². The van der Waals surface area contributed by atoms with Gasteiger partial charge in [-0.1, -0.05) is 31.5 Å². The normalized spacial score (nSPS) is 15.7. The molecule has 0 aliphatic carbocycles. The maximum atomic E-state index is 11.4. The predicted octanol–water partition coefficient (Wildman–Crippen LogP) is 2.81. The molecule has 0 saturated carbocycles. The van der Waals surface area contributed by atoms with E-state index in [-0.39, 0.29) is 22.8 Å². The standard InChI is InChI=1S/C22H29ClN8O2/c1-22(2,13-30(3)4)12-26-18(11-25-16-7-5-6-15(23)9-16)31-19(24)14(10-27-31)8-17-20(32)29-21(33)28-17/h5-11,24-26,32H,12-13H2,1-4H3,(H2,28,29,33)/b14-8?,18-11-,24-19?. The summed E-state index contributed by atoms with van der Waals surface area (Å²) in [7, 11) is 4.05. The van der Waals surface area contributed by atoms with Crippen LogP contribution >= 0.6 is 11.6 Å². The summed E-state index contributed by atoms with van der Waals surface area (Å²) in [5, 5.41) is 31.4. The van der Waals surface area contributed by atoms with E-state index in [1.165, 1.54) is 17.3 Å². The Labute approximate surface area is 197 Å². The Kier molecular flexibility index (Phi) is 7.29. The fourth-order valence-corrected chi connectivity index (χ4v) is 3.65. The van der Waals surface area contributed by atoms with Gasteiger partial charge in [-0.25, -0.2) is 4.79 Å². The first kappa shape index (κ1) is 24.1. The lowest BCUT2D eigenvalue weighted by Crippen LogP contribution is -2.40. The summed E-state index contributed by atoms with van der Waals surface area (Å²) in [5.74, 6) is 0.334. The Morgan fingerprint density at radius 1 is 1.36 bits per heavy atom. The van der Waals surface area contributed by atoms with Gasteiger partial charge >= 0.3 is 5.69 Å². The van der Waals surface area contributed by atoms with Gasteiger partial charge in [0.2, 0.25) is 5.88 Å². The molecule has 6 N–H and O–H groups in total. The number of aromatic nitrogens is 2. The average molecular weight is 473 g/mol. The van der Waals surface area contributed by atoms with E-state index in [1.807, 2.05) is 26.2 Å². The van der Waals surface area contributed by atoms with Crippen molar-refractivity contribution in [1.82, 2.24) is 25.2 Å². The topological polar surface area (TPSA) is 136 Å². The summed E-state index contributed by atoms with van der Waals surface area (Å²) in [6.07, 6.45) is 4.70. The Bertz CT molecular complexity index is 1160. The molecule has 11 heteroatoms. The van der Waals surface area contributed by atoms with E-state index in [1.54, 1.807) is 18.3 Å². The number of halogens is 1. The van der Waals surface area contributed by atoms with E-state index in [9.17, 15) is 9.90 Å². The van der Waals surface area contributed by atoms with Gasteiger partial charge in [0.15, 0.2) is 5.84 Å². The first-order chi connectivity index (χ1) is 15.5. The fraction of sp³-hybridized carbons (Fsp3) is 0.318. The molecule has 0 fully saturated rings. The number of benzene rings is 1. The van der Waals surface area contributed by atoms with E-state index in [0.717, 1.165) is 12.2 Å². The van der Waals surface area contributed by atoms with Gasteiger partial charge in [0.25, 0.3) is 0 Å². The molecule has 2 heterocycles. The molecule has 0 unspecified atom stereocenters. The molecule has 1 aromatic heterocycles. The van der Waals surface area contributed by atoms with Gasteiger partial charge in [0.1, 0.15) is 11.5 Å². The summed E-state index contributed by atoms with van der Waals surface area (Å²) in [4.78, 5) is 18.2. The minimum Gasteiger partial charge on any atom is -0.493 e. The lowest BCUT2D eigenvalue weighted by molar-refractivity contribution is 0.233. The number of aromatic hydroxyl groups is 1. The van der Waals surface area contributed by atoms with Crippen LogP contribution in [0.1, 0.15) is 19.5 Å². The summed E-state index contributed by atoms with van der Waals surface area (Å²) in [5.41, 5.74) is 0.793. The number of hydrogen-bond acceptors (Lipinski definition) is 7. The first-order valence-corrected chi connectivity index (χ1v) is 10.7. The zero-order valence-electron chi connectivity index (χ0n) is 19.0. The molecule has 0 saturated heterocycles. The number of rotatable bonds is 9. The van der Waals surface area contributed by atoms with Crippen LogP contribution in [0.4, 0.5) is 5.69 Å². The molecule has 1 aliphatic heterocycles. The molecule has 0 bridgehead atoms. The van der Waals surface area contributed by atoms with E-state index in [4.69, 9.17) is 17.0 Å². The van der Waals surface area contributed by atoms with Gasteiger partial charge < -0.3 is 25.6 Å². The molecule has 0 radical (unpaired) electrons. The molecular weight excluding hydrogens is 444 g/mol. The number of aromatic amines is 2. The van der Waals surface area contributed by atoms with Gasteiger partial charge in [-0.3, -0.25) is 10.4 Å².